The summed E-state index contributed by atoms with van der Waals surface area (Å²) in [6.07, 6.45) is -2.53. The van der Waals surface area contributed by atoms with E-state index in [2.05, 4.69) is 15.3 Å². The van der Waals surface area contributed by atoms with Crippen molar-refractivity contribution in [2.24, 2.45) is 4.99 Å². The lowest BCUT2D eigenvalue weighted by molar-refractivity contribution is -0.181. The SMILES string of the molecule is CCNC(=NCc1cccnc1OCC)N1CCN(C(C)C(F)(F)F)CC1. The number of aliphatic imine (C=N–C) groups is 1. The van der Waals surface area contributed by atoms with Crippen molar-refractivity contribution >= 4 is 5.96 Å². The molecule has 0 radical (unpaired) electrons. The monoisotopic (exact) mass is 387 g/mol. The number of hydrogen-bond donors (Lipinski definition) is 1. The maximum Gasteiger partial charge on any atom is 0.403 e. The molecule has 1 fully saturated rings. The molecule has 2 rings (SSSR count). The fourth-order valence-corrected chi connectivity index (χ4v) is 2.93. The van der Waals surface area contributed by atoms with E-state index in [1.54, 1.807) is 6.20 Å². The highest BCUT2D eigenvalue weighted by atomic mass is 19.4. The second kappa shape index (κ2) is 9.77. The lowest BCUT2D eigenvalue weighted by Crippen LogP contribution is -2.56. The van der Waals surface area contributed by atoms with Crippen LogP contribution < -0.4 is 10.1 Å². The van der Waals surface area contributed by atoms with Crippen molar-refractivity contribution < 1.29 is 17.9 Å². The van der Waals surface area contributed by atoms with Crippen LogP contribution >= 0.6 is 0 Å². The highest BCUT2D eigenvalue weighted by Gasteiger charge is 2.41. The summed E-state index contributed by atoms with van der Waals surface area (Å²) in [5.41, 5.74) is 0.874. The standard InChI is InChI=1S/C18H28F3N5O/c1-4-22-17(24-13-15-7-6-8-23-16(15)27-5-2)26-11-9-25(10-12-26)14(3)18(19,20)21/h6-8,14H,4-5,9-13H2,1-3H3,(H,22,24). The van der Waals surface area contributed by atoms with Crippen LogP contribution in [0.2, 0.25) is 0 Å². The van der Waals surface area contributed by atoms with Crippen LogP contribution in [0, 0.1) is 0 Å². The van der Waals surface area contributed by atoms with Crippen LogP contribution in [0.3, 0.4) is 0 Å². The molecule has 0 aliphatic carbocycles. The number of aromatic nitrogens is 1. The van der Waals surface area contributed by atoms with E-state index in [-0.39, 0.29) is 0 Å². The maximum absolute atomic E-state index is 12.9. The van der Waals surface area contributed by atoms with Gasteiger partial charge in [0.15, 0.2) is 5.96 Å². The largest absolute Gasteiger partial charge is 0.478 e. The van der Waals surface area contributed by atoms with Crippen LogP contribution in [0.4, 0.5) is 13.2 Å². The van der Waals surface area contributed by atoms with E-state index in [1.165, 1.54) is 11.8 Å². The highest BCUT2D eigenvalue weighted by molar-refractivity contribution is 5.80. The Morgan fingerprint density at radius 3 is 2.59 bits per heavy atom. The first-order chi connectivity index (χ1) is 12.9. The van der Waals surface area contributed by atoms with Crippen LogP contribution in [0.5, 0.6) is 5.88 Å². The molecule has 0 saturated carbocycles. The number of ether oxygens (including phenoxy) is 1. The molecule has 1 aliphatic rings. The summed E-state index contributed by atoms with van der Waals surface area (Å²) < 4.78 is 44.2. The number of hydrogen-bond acceptors (Lipinski definition) is 4. The molecule has 27 heavy (non-hydrogen) atoms. The van der Waals surface area contributed by atoms with Gasteiger partial charge >= 0.3 is 6.18 Å². The molecule has 1 saturated heterocycles. The van der Waals surface area contributed by atoms with Crippen molar-refractivity contribution in [2.45, 2.75) is 39.5 Å². The van der Waals surface area contributed by atoms with Gasteiger partial charge in [0.1, 0.15) is 6.04 Å². The summed E-state index contributed by atoms with van der Waals surface area (Å²) in [4.78, 5) is 12.3. The second-order valence-electron chi connectivity index (χ2n) is 6.31. The third-order valence-electron chi connectivity index (χ3n) is 4.50. The first-order valence-corrected chi connectivity index (χ1v) is 9.27. The van der Waals surface area contributed by atoms with E-state index in [0.29, 0.717) is 57.7 Å². The van der Waals surface area contributed by atoms with Gasteiger partial charge in [0.25, 0.3) is 0 Å². The molecule has 2 heterocycles. The number of piperazine rings is 1. The van der Waals surface area contributed by atoms with Crippen molar-refractivity contribution in [3.05, 3.63) is 23.9 Å². The summed E-state index contributed by atoms with van der Waals surface area (Å²) >= 11 is 0. The molecular formula is C18H28F3N5O. The maximum atomic E-state index is 12.9. The summed E-state index contributed by atoms with van der Waals surface area (Å²) in [6, 6.07) is 2.31. The van der Waals surface area contributed by atoms with Crippen molar-refractivity contribution in [3.63, 3.8) is 0 Å². The van der Waals surface area contributed by atoms with Crippen molar-refractivity contribution in [3.8, 4) is 5.88 Å². The van der Waals surface area contributed by atoms with Crippen molar-refractivity contribution in [1.82, 2.24) is 20.1 Å². The molecular weight excluding hydrogens is 359 g/mol. The Labute approximate surface area is 158 Å². The minimum Gasteiger partial charge on any atom is -0.478 e. The highest BCUT2D eigenvalue weighted by Crippen LogP contribution is 2.25. The van der Waals surface area contributed by atoms with Gasteiger partial charge in [-0.25, -0.2) is 9.98 Å². The van der Waals surface area contributed by atoms with E-state index in [1.807, 2.05) is 30.9 Å². The fraction of sp³-hybridized carbons (Fsp3) is 0.667. The topological polar surface area (TPSA) is 53.0 Å². The summed E-state index contributed by atoms with van der Waals surface area (Å²) in [5.74, 6) is 1.26. The van der Waals surface area contributed by atoms with E-state index in [0.717, 1.165) is 5.56 Å². The summed E-state index contributed by atoms with van der Waals surface area (Å²) in [5, 5.41) is 3.22. The van der Waals surface area contributed by atoms with Gasteiger partial charge in [-0.2, -0.15) is 13.2 Å². The molecule has 0 amide bonds. The third-order valence-corrected chi connectivity index (χ3v) is 4.50. The van der Waals surface area contributed by atoms with Crippen molar-refractivity contribution in [1.29, 1.82) is 0 Å². The zero-order valence-electron chi connectivity index (χ0n) is 16.1. The fourth-order valence-electron chi connectivity index (χ4n) is 2.93. The van der Waals surface area contributed by atoms with Gasteiger partial charge in [-0.05, 0) is 26.8 Å². The lowest BCUT2D eigenvalue weighted by atomic mass is 10.2. The Morgan fingerprint density at radius 1 is 1.30 bits per heavy atom. The smallest absolute Gasteiger partial charge is 0.403 e. The number of nitrogens with zero attached hydrogens (tertiary/aromatic N) is 4. The molecule has 1 aliphatic heterocycles. The Morgan fingerprint density at radius 2 is 2.00 bits per heavy atom. The van der Waals surface area contributed by atoms with E-state index in [9.17, 15) is 13.2 Å². The number of pyridine rings is 1. The summed E-state index contributed by atoms with van der Waals surface area (Å²) in [6.45, 7) is 8.37. The van der Waals surface area contributed by atoms with Gasteiger partial charge in [0.05, 0.1) is 13.2 Å². The molecule has 9 heteroatoms. The molecule has 1 unspecified atom stereocenters. The molecule has 1 aromatic rings. The Kier molecular flexibility index (Phi) is 7.70. The number of nitrogens with one attached hydrogen (secondary N) is 1. The van der Waals surface area contributed by atoms with E-state index in [4.69, 9.17) is 4.74 Å². The first kappa shape index (κ1) is 21.3. The average molecular weight is 387 g/mol. The van der Waals surface area contributed by atoms with Gasteiger partial charge in [-0.15, -0.1) is 0 Å². The second-order valence-corrected chi connectivity index (χ2v) is 6.31. The van der Waals surface area contributed by atoms with Crippen LogP contribution in [0.1, 0.15) is 26.3 Å². The quantitative estimate of drug-likeness (QED) is 0.601. The van der Waals surface area contributed by atoms with Gasteiger partial charge in [0.2, 0.25) is 5.88 Å². The molecule has 0 aromatic carbocycles. The normalized spacial score (nSPS) is 17.7. The van der Waals surface area contributed by atoms with Crippen LogP contribution in [0.15, 0.2) is 23.3 Å². The molecule has 1 N–H and O–H groups in total. The van der Waals surface area contributed by atoms with Gasteiger partial charge < -0.3 is 15.0 Å². The molecule has 1 atom stereocenters. The minimum absolute atomic E-state index is 0.349. The van der Waals surface area contributed by atoms with Crippen LogP contribution in [-0.4, -0.2) is 72.3 Å². The van der Waals surface area contributed by atoms with Crippen LogP contribution in [0.25, 0.3) is 0 Å². The number of rotatable bonds is 6. The predicted molar refractivity (Wildman–Crippen MR) is 98.9 cm³/mol. The molecule has 1 aromatic heterocycles. The van der Waals surface area contributed by atoms with Crippen molar-refractivity contribution in [2.75, 3.05) is 39.3 Å². The first-order valence-electron chi connectivity index (χ1n) is 9.27. The minimum atomic E-state index is -4.20. The number of alkyl halides is 3. The van der Waals surface area contributed by atoms with Gasteiger partial charge in [-0.3, -0.25) is 4.90 Å². The lowest BCUT2D eigenvalue weighted by Gasteiger charge is -2.39. The Hall–Kier alpha value is -2.03. The Balaban J connectivity index is 2.03. The number of halogens is 3. The van der Waals surface area contributed by atoms with Crippen LogP contribution in [-0.2, 0) is 6.54 Å². The summed E-state index contributed by atoms with van der Waals surface area (Å²) in [7, 11) is 0. The molecule has 152 valence electrons. The zero-order valence-corrected chi connectivity index (χ0v) is 16.1. The average Bonchev–Trinajstić information content (AvgIpc) is 2.65. The predicted octanol–water partition coefficient (Wildman–Crippen LogP) is 2.51. The van der Waals surface area contributed by atoms with Gasteiger partial charge in [-0.1, -0.05) is 6.07 Å². The zero-order chi connectivity index (χ0) is 19.9. The number of guanidine groups is 1. The molecule has 0 bridgehead atoms. The third kappa shape index (κ3) is 5.98. The Bertz CT molecular complexity index is 615. The van der Waals surface area contributed by atoms with Gasteiger partial charge in [0, 0.05) is 44.5 Å². The van der Waals surface area contributed by atoms with E-state index < -0.39 is 12.2 Å². The molecule has 6 nitrogen and oxygen atoms in total. The molecule has 0 spiro atoms. The van der Waals surface area contributed by atoms with E-state index >= 15 is 0 Å².